The number of carbonyl (C=O) groups is 1. The average Bonchev–Trinajstić information content (AvgIpc) is 2.45. The summed E-state index contributed by atoms with van der Waals surface area (Å²) in [5.41, 5.74) is 1.74. The molecule has 0 aliphatic carbocycles. The fraction of sp³-hybridized carbons (Fsp3) is 0.125. The molecule has 0 aliphatic heterocycles. The van der Waals surface area contributed by atoms with E-state index >= 15 is 0 Å². The molecule has 0 radical (unpaired) electrons. The molecule has 3 nitrogen and oxygen atoms in total. The monoisotopic (exact) mass is 269 g/mol. The molecule has 0 fully saturated rings. The van der Waals surface area contributed by atoms with Crippen LogP contribution in [-0.2, 0) is 11.2 Å². The number of halogens is 1. The number of carboxylic acid groups (broad SMARTS) is 1. The highest BCUT2D eigenvalue weighted by Crippen LogP contribution is 2.22. The third-order valence-corrected chi connectivity index (χ3v) is 3.07. The summed E-state index contributed by atoms with van der Waals surface area (Å²) >= 11 is 0. The summed E-state index contributed by atoms with van der Waals surface area (Å²) in [6, 6.07) is 14.3. The molecule has 1 N–H and O–H groups in total. The third-order valence-electron chi connectivity index (χ3n) is 3.07. The maximum absolute atomic E-state index is 13.2. The van der Waals surface area contributed by atoms with Gasteiger partial charge < -0.3 is 5.11 Å². The van der Waals surface area contributed by atoms with Crippen LogP contribution in [0.2, 0.25) is 0 Å². The van der Waals surface area contributed by atoms with Gasteiger partial charge in [-0.2, -0.15) is 5.26 Å². The molecule has 0 saturated carbocycles. The van der Waals surface area contributed by atoms with Crippen molar-refractivity contribution in [2.24, 2.45) is 0 Å². The molecule has 1 atom stereocenters. The van der Waals surface area contributed by atoms with E-state index in [-0.39, 0.29) is 6.42 Å². The van der Waals surface area contributed by atoms with Gasteiger partial charge in [0.25, 0.3) is 0 Å². The Balaban J connectivity index is 2.26. The molecule has 0 amide bonds. The lowest BCUT2D eigenvalue weighted by atomic mass is 9.92. The lowest BCUT2D eigenvalue weighted by Gasteiger charge is -2.13. The summed E-state index contributed by atoms with van der Waals surface area (Å²) in [7, 11) is 0. The smallest absolute Gasteiger partial charge is 0.311 e. The molecule has 20 heavy (non-hydrogen) atoms. The van der Waals surface area contributed by atoms with Gasteiger partial charge in [0.15, 0.2) is 0 Å². The molecule has 100 valence electrons. The van der Waals surface area contributed by atoms with Crippen LogP contribution >= 0.6 is 0 Å². The van der Waals surface area contributed by atoms with Crippen LogP contribution in [-0.4, -0.2) is 11.1 Å². The molecule has 2 rings (SSSR count). The zero-order valence-electron chi connectivity index (χ0n) is 10.6. The molecule has 0 heterocycles. The minimum absolute atomic E-state index is 0.254. The molecular weight excluding hydrogens is 257 g/mol. The highest BCUT2D eigenvalue weighted by molar-refractivity contribution is 5.76. The Labute approximate surface area is 115 Å². The Hall–Kier alpha value is -2.67. The van der Waals surface area contributed by atoms with E-state index < -0.39 is 17.7 Å². The molecule has 1 unspecified atom stereocenters. The zero-order chi connectivity index (χ0) is 14.5. The van der Waals surface area contributed by atoms with Crippen molar-refractivity contribution < 1.29 is 14.3 Å². The average molecular weight is 269 g/mol. The Kier molecular flexibility index (Phi) is 4.11. The van der Waals surface area contributed by atoms with Gasteiger partial charge in [-0.15, -0.1) is 0 Å². The molecule has 0 spiro atoms. The Morgan fingerprint density at radius 1 is 1.25 bits per heavy atom. The molecule has 0 aromatic heterocycles. The Morgan fingerprint density at radius 3 is 2.50 bits per heavy atom. The van der Waals surface area contributed by atoms with E-state index in [0.29, 0.717) is 11.1 Å². The summed E-state index contributed by atoms with van der Waals surface area (Å²) in [5.74, 6) is -2.26. The first-order valence-corrected chi connectivity index (χ1v) is 6.07. The number of hydrogen-bond donors (Lipinski definition) is 1. The van der Waals surface area contributed by atoms with Gasteiger partial charge in [0, 0.05) is 0 Å². The summed E-state index contributed by atoms with van der Waals surface area (Å²) in [4.78, 5) is 11.4. The van der Waals surface area contributed by atoms with Crippen molar-refractivity contribution in [1.29, 1.82) is 5.26 Å². The number of carboxylic acids is 1. The fourth-order valence-electron chi connectivity index (χ4n) is 2.02. The quantitative estimate of drug-likeness (QED) is 0.927. The Bertz CT molecular complexity index is 659. The Morgan fingerprint density at radius 2 is 1.95 bits per heavy atom. The van der Waals surface area contributed by atoms with Crippen LogP contribution in [0.25, 0.3) is 0 Å². The van der Waals surface area contributed by atoms with Crippen molar-refractivity contribution in [3.05, 3.63) is 71.0 Å². The fourth-order valence-corrected chi connectivity index (χ4v) is 2.02. The summed E-state index contributed by atoms with van der Waals surface area (Å²) in [6.45, 7) is 0. The second-order valence-corrected chi connectivity index (χ2v) is 4.46. The standard InChI is InChI=1S/C16H12FNO2/c17-14-3-1-2-13(9-14)15(16(19)20)8-11-4-6-12(10-18)7-5-11/h1-7,9,15H,8H2,(H,19,20). The topological polar surface area (TPSA) is 61.1 Å². The van der Waals surface area contributed by atoms with E-state index in [1.54, 1.807) is 30.3 Å². The van der Waals surface area contributed by atoms with Gasteiger partial charge in [-0.3, -0.25) is 4.79 Å². The van der Waals surface area contributed by atoms with Crippen molar-refractivity contribution >= 4 is 5.97 Å². The maximum atomic E-state index is 13.2. The van der Waals surface area contributed by atoms with Crippen molar-refractivity contribution in [2.75, 3.05) is 0 Å². The first kappa shape index (κ1) is 13.8. The largest absolute Gasteiger partial charge is 0.481 e. The highest BCUT2D eigenvalue weighted by Gasteiger charge is 2.20. The van der Waals surface area contributed by atoms with E-state index in [0.717, 1.165) is 5.56 Å². The van der Waals surface area contributed by atoms with Crippen molar-refractivity contribution in [3.63, 3.8) is 0 Å². The zero-order valence-corrected chi connectivity index (χ0v) is 10.6. The summed E-state index contributed by atoms with van der Waals surface area (Å²) in [6.07, 6.45) is 0.254. The van der Waals surface area contributed by atoms with E-state index in [9.17, 15) is 14.3 Å². The van der Waals surface area contributed by atoms with Crippen molar-refractivity contribution in [3.8, 4) is 6.07 Å². The van der Waals surface area contributed by atoms with Crippen molar-refractivity contribution in [1.82, 2.24) is 0 Å². The number of nitrogens with zero attached hydrogens (tertiary/aromatic N) is 1. The van der Waals surface area contributed by atoms with E-state index in [4.69, 9.17) is 5.26 Å². The lowest BCUT2D eigenvalue weighted by molar-refractivity contribution is -0.138. The molecule has 2 aromatic carbocycles. The highest BCUT2D eigenvalue weighted by atomic mass is 19.1. The number of nitriles is 1. The van der Waals surface area contributed by atoms with Gasteiger partial charge in [0.1, 0.15) is 5.82 Å². The summed E-state index contributed by atoms with van der Waals surface area (Å²) in [5, 5.41) is 18.0. The number of benzene rings is 2. The predicted molar refractivity (Wildman–Crippen MR) is 71.6 cm³/mol. The normalized spacial score (nSPS) is 11.6. The van der Waals surface area contributed by atoms with Crippen LogP contribution in [0.3, 0.4) is 0 Å². The van der Waals surface area contributed by atoms with Crippen LogP contribution in [0, 0.1) is 17.1 Å². The van der Waals surface area contributed by atoms with Gasteiger partial charge in [-0.05, 0) is 41.8 Å². The SMILES string of the molecule is N#Cc1ccc(CC(C(=O)O)c2cccc(F)c2)cc1. The molecule has 4 heteroatoms. The second-order valence-electron chi connectivity index (χ2n) is 4.46. The van der Waals surface area contributed by atoms with Crippen LogP contribution < -0.4 is 0 Å². The van der Waals surface area contributed by atoms with Crippen LogP contribution in [0.1, 0.15) is 22.6 Å². The molecule has 2 aromatic rings. The van der Waals surface area contributed by atoms with Crippen LogP contribution in [0.15, 0.2) is 48.5 Å². The first-order valence-electron chi connectivity index (χ1n) is 6.07. The van der Waals surface area contributed by atoms with E-state index in [1.165, 1.54) is 18.2 Å². The summed E-state index contributed by atoms with van der Waals surface area (Å²) < 4.78 is 13.2. The van der Waals surface area contributed by atoms with E-state index in [1.807, 2.05) is 6.07 Å². The van der Waals surface area contributed by atoms with Gasteiger partial charge >= 0.3 is 5.97 Å². The predicted octanol–water partition coefficient (Wildman–Crippen LogP) is 3.11. The van der Waals surface area contributed by atoms with Gasteiger partial charge in [-0.25, -0.2) is 4.39 Å². The molecule has 0 aliphatic rings. The third kappa shape index (κ3) is 3.21. The van der Waals surface area contributed by atoms with Crippen LogP contribution in [0.4, 0.5) is 4.39 Å². The molecule has 0 bridgehead atoms. The van der Waals surface area contributed by atoms with Gasteiger partial charge in [0.2, 0.25) is 0 Å². The van der Waals surface area contributed by atoms with Gasteiger partial charge in [0.05, 0.1) is 17.6 Å². The number of aliphatic carboxylic acids is 1. The second kappa shape index (κ2) is 5.98. The minimum Gasteiger partial charge on any atom is -0.481 e. The number of hydrogen-bond acceptors (Lipinski definition) is 2. The molecule has 0 saturated heterocycles. The minimum atomic E-state index is -1.00. The lowest BCUT2D eigenvalue weighted by Crippen LogP contribution is -2.14. The van der Waals surface area contributed by atoms with Gasteiger partial charge in [-0.1, -0.05) is 24.3 Å². The molecular formula is C16H12FNO2. The first-order chi connectivity index (χ1) is 9.60. The van der Waals surface area contributed by atoms with Crippen LogP contribution in [0.5, 0.6) is 0 Å². The van der Waals surface area contributed by atoms with Crippen molar-refractivity contribution in [2.45, 2.75) is 12.3 Å². The number of rotatable bonds is 4. The maximum Gasteiger partial charge on any atom is 0.311 e. The van der Waals surface area contributed by atoms with E-state index in [2.05, 4.69) is 0 Å².